The van der Waals surface area contributed by atoms with Crippen LogP contribution >= 0.6 is 15.9 Å². The summed E-state index contributed by atoms with van der Waals surface area (Å²) in [4.78, 5) is 24.9. The maximum Gasteiger partial charge on any atom is 0.253 e. The first-order valence-corrected chi connectivity index (χ1v) is 11.3. The molecule has 0 aromatic heterocycles. The number of nitrogens with zero attached hydrogens (tertiary/aromatic N) is 1. The van der Waals surface area contributed by atoms with Gasteiger partial charge in [0.15, 0.2) is 0 Å². The van der Waals surface area contributed by atoms with Crippen LogP contribution in [-0.2, 0) is 19.6 Å². The molecule has 0 atom stereocenters. The Labute approximate surface area is 178 Å². The lowest BCUT2D eigenvalue weighted by molar-refractivity contribution is -0.114. The maximum absolute atomic E-state index is 12.6. The molecule has 2 rings (SSSR count). The maximum atomic E-state index is 12.6. The highest BCUT2D eigenvalue weighted by Gasteiger charge is 2.23. The Morgan fingerprint density at radius 1 is 1.10 bits per heavy atom. The largest absolute Gasteiger partial charge is 0.383 e. The fourth-order valence-electron chi connectivity index (χ4n) is 2.51. The van der Waals surface area contributed by atoms with E-state index in [1.807, 2.05) is 0 Å². The van der Waals surface area contributed by atoms with Crippen LogP contribution in [0.2, 0.25) is 0 Å². The minimum Gasteiger partial charge on any atom is -0.383 e. The summed E-state index contributed by atoms with van der Waals surface area (Å²) in [6, 6.07) is 13.2. The van der Waals surface area contributed by atoms with E-state index < -0.39 is 22.5 Å². The summed E-state index contributed by atoms with van der Waals surface area (Å²) >= 11 is 3.31. The topological polar surface area (TPSA) is 105 Å². The highest BCUT2D eigenvalue weighted by Crippen LogP contribution is 2.27. The van der Waals surface area contributed by atoms with Gasteiger partial charge in [-0.05, 0) is 40.2 Å². The van der Waals surface area contributed by atoms with Crippen molar-refractivity contribution < 1.29 is 22.7 Å². The van der Waals surface area contributed by atoms with E-state index in [0.29, 0.717) is 23.3 Å². The lowest BCUT2D eigenvalue weighted by atomic mass is 10.1. The van der Waals surface area contributed by atoms with Crippen molar-refractivity contribution in [2.45, 2.75) is 0 Å². The fraction of sp³-hybridized carbons (Fsp3) is 0.263. The number of anilines is 2. The average Bonchev–Trinajstić information content (AvgIpc) is 2.66. The molecule has 0 unspecified atom stereocenters. The molecular weight excluding hydrogens is 462 g/mol. The van der Waals surface area contributed by atoms with E-state index in [0.717, 1.165) is 10.6 Å². The molecular formula is C19H22BrN3O5S. The van der Waals surface area contributed by atoms with Gasteiger partial charge in [-0.1, -0.05) is 24.3 Å². The monoisotopic (exact) mass is 483 g/mol. The SMILES string of the molecule is COCCNC(=O)c1ccccc1NC(=O)CN(c1ccccc1Br)S(C)(=O)=O. The van der Waals surface area contributed by atoms with Crippen molar-refractivity contribution in [2.24, 2.45) is 0 Å². The summed E-state index contributed by atoms with van der Waals surface area (Å²) < 4.78 is 30.9. The molecule has 2 aromatic carbocycles. The minimum atomic E-state index is -3.72. The van der Waals surface area contributed by atoms with Crippen LogP contribution in [0.4, 0.5) is 11.4 Å². The summed E-state index contributed by atoms with van der Waals surface area (Å²) in [5.74, 6) is -0.952. The van der Waals surface area contributed by atoms with Crippen molar-refractivity contribution in [3.05, 3.63) is 58.6 Å². The average molecular weight is 484 g/mol. The number of nitrogens with one attached hydrogen (secondary N) is 2. The number of amides is 2. The number of benzene rings is 2. The van der Waals surface area contributed by atoms with Gasteiger partial charge in [0.05, 0.1) is 29.8 Å². The van der Waals surface area contributed by atoms with Crippen LogP contribution in [0.25, 0.3) is 0 Å². The smallest absolute Gasteiger partial charge is 0.253 e. The Bertz CT molecular complexity index is 981. The molecule has 0 radical (unpaired) electrons. The quantitative estimate of drug-likeness (QED) is 0.532. The predicted molar refractivity (Wildman–Crippen MR) is 116 cm³/mol. The van der Waals surface area contributed by atoms with E-state index in [1.165, 1.54) is 7.11 Å². The van der Waals surface area contributed by atoms with Crippen LogP contribution in [0, 0.1) is 0 Å². The van der Waals surface area contributed by atoms with E-state index in [9.17, 15) is 18.0 Å². The molecule has 0 aliphatic heterocycles. The van der Waals surface area contributed by atoms with Crippen molar-refractivity contribution in [1.82, 2.24) is 5.32 Å². The summed E-state index contributed by atoms with van der Waals surface area (Å²) in [5.41, 5.74) is 0.896. The highest BCUT2D eigenvalue weighted by atomic mass is 79.9. The Morgan fingerprint density at radius 2 is 1.76 bits per heavy atom. The lowest BCUT2D eigenvalue weighted by Crippen LogP contribution is -2.38. The van der Waals surface area contributed by atoms with Gasteiger partial charge in [-0.25, -0.2) is 8.42 Å². The second kappa shape index (κ2) is 10.4. The molecule has 10 heteroatoms. The molecule has 0 saturated heterocycles. The molecule has 0 fully saturated rings. The summed E-state index contributed by atoms with van der Waals surface area (Å²) in [7, 11) is -2.19. The summed E-state index contributed by atoms with van der Waals surface area (Å²) in [6.07, 6.45) is 1.02. The third kappa shape index (κ3) is 6.55. The van der Waals surface area contributed by atoms with Crippen molar-refractivity contribution in [3.63, 3.8) is 0 Å². The normalized spacial score (nSPS) is 11.0. The van der Waals surface area contributed by atoms with Gasteiger partial charge in [0, 0.05) is 18.1 Å². The van der Waals surface area contributed by atoms with Crippen molar-refractivity contribution in [2.75, 3.05) is 42.7 Å². The van der Waals surface area contributed by atoms with Crippen LogP contribution in [0.15, 0.2) is 53.0 Å². The third-order valence-electron chi connectivity index (χ3n) is 3.85. The van der Waals surface area contributed by atoms with Crippen LogP contribution < -0.4 is 14.9 Å². The Hall–Kier alpha value is -2.43. The van der Waals surface area contributed by atoms with Gasteiger partial charge < -0.3 is 15.4 Å². The molecule has 0 aliphatic carbocycles. The van der Waals surface area contributed by atoms with E-state index in [4.69, 9.17) is 4.74 Å². The Kier molecular flexibility index (Phi) is 8.18. The minimum absolute atomic E-state index is 0.267. The molecule has 29 heavy (non-hydrogen) atoms. The molecule has 8 nitrogen and oxygen atoms in total. The summed E-state index contributed by atoms with van der Waals surface area (Å²) in [5, 5.41) is 5.31. The van der Waals surface area contributed by atoms with Gasteiger partial charge in [0.2, 0.25) is 15.9 Å². The third-order valence-corrected chi connectivity index (χ3v) is 5.64. The molecule has 2 aromatic rings. The zero-order valence-electron chi connectivity index (χ0n) is 16.0. The number of halogens is 1. The molecule has 0 saturated carbocycles. The van der Waals surface area contributed by atoms with Gasteiger partial charge in [-0.3, -0.25) is 13.9 Å². The second-order valence-corrected chi connectivity index (χ2v) is 8.82. The number of hydrogen-bond donors (Lipinski definition) is 2. The molecule has 0 heterocycles. The number of hydrogen-bond acceptors (Lipinski definition) is 5. The standard InChI is InChI=1S/C19H22BrN3O5S/c1-28-12-11-21-19(25)14-7-3-5-9-16(14)22-18(24)13-23(29(2,26)27)17-10-6-4-8-15(17)20/h3-10H,11-13H2,1-2H3,(H,21,25)(H,22,24). The first-order valence-electron chi connectivity index (χ1n) is 8.62. The Balaban J connectivity index is 2.19. The molecule has 0 aliphatic rings. The fourth-order valence-corrected chi connectivity index (χ4v) is 3.99. The van der Waals surface area contributed by atoms with E-state index >= 15 is 0 Å². The Morgan fingerprint density at radius 3 is 2.41 bits per heavy atom. The molecule has 0 bridgehead atoms. The van der Waals surface area contributed by atoms with Gasteiger partial charge in [0.1, 0.15) is 6.54 Å². The first kappa shape index (κ1) is 22.9. The number of sulfonamides is 1. The number of methoxy groups -OCH3 is 1. The first-order chi connectivity index (χ1) is 13.7. The molecule has 2 N–H and O–H groups in total. The van der Waals surface area contributed by atoms with Gasteiger partial charge in [-0.2, -0.15) is 0 Å². The van der Waals surface area contributed by atoms with Crippen LogP contribution in [-0.4, -0.2) is 53.3 Å². The van der Waals surface area contributed by atoms with Gasteiger partial charge >= 0.3 is 0 Å². The van der Waals surface area contributed by atoms with Crippen molar-refractivity contribution in [3.8, 4) is 0 Å². The lowest BCUT2D eigenvalue weighted by Gasteiger charge is -2.23. The number of para-hydroxylation sites is 2. The van der Waals surface area contributed by atoms with Crippen LogP contribution in [0.3, 0.4) is 0 Å². The number of carbonyl (C=O) groups is 2. The number of ether oxygens (including phenoxy) is 1. The van der Waals surface area contributed by atoms with Gasteiger partial charge in [-0.15, -0.1) is 0 Å². The molecule has 156 valence electrons. The highest BCUT2D eigenvalue weighted by molar-refractivity contribution is 9.10. The van der Waals surface area contributed by atoms with E-state index in [2.05, 4.69) is 26.6 Å². The molecule has 0 spiro atoms. The zero-order chi connectivity index (χ0) is 21.4. The van der Waals surface area contributed by atoms with Crippen molar-refractivity contribution >= 4 is 49.1 Å². The molecule has 2 amide bonds. The predicted octanol–water partition coefficient (Wildman–Crippen LogP) is 2.23. The van der Waals surface area contributed by atoms with E-state index in [-0.39, 0.29) is 17.2 Å². The number of rotatable bonds is 9. The zero-order valence-corrected chi connectivity index (χ0v) is 18.4. The number of carbonyl (C=O) groups excluding carboxylic acids is 2. The van der Waals surface area contributed by atoms with Gasteiger partial charge in [0.25, 0.3) is 5.91 Å². The second-order valence-electron chi connectivity index (χ2n) is 6.06. The van der Waals surface area contributed by atoms with Crippen LogP contribution in [0.1, 0.15) is 10.4 Å². The van der Waals surface area contributed by atoms with Crippen LogP contribution in [0.5, 0.6) is 0 Å². The van der Waals surface area contributed by atoms with Crippen molar-refractivity contribution in [1.29, 1.82) is 0 Å². The van der Waals surface area contributed by atoms with E-state index in [1.54, 1.807) is 48.5 Å². The summed E-state index contributed by atoms with van der Waals surface area (Å²) in [6.45, 7) is 0.234.